The minimum Gasteiger partial charge on any atom is -0.352 e. The highest BCUT2D eigenvalue weighted by Crippen LogP contribution is 2.29. The molecule has 4 rings (SSSR count). The van der Waals surface area contributed by atoms with Crippen LogP contribution in [0.2, 0.25) is 0 Å². The van der Waals surface area contributed by atoms with Gasteiger partial charge >= 0.3 is 0 Å². The second-order valence-electron chi connectivity index (χ2n) is 8.21. The molecule has 1 heterocycles. The molecule has 5 nitrogen and oxygen atoms in total. The normalized spacial score (nSPS) is 22.1. The zero-order chi connectivity index (χ0) is 20.5. The minimum absolute atomic E-state index is 0.00815. The van der Waals surface area contributed by atoms with Gasteiger partial charge in [-0.2, -0.15) is 0 Å². The van der Waals surface area contributed by atoms with Gasteiger partial charge in [0.1, 0.15) is 0 Å². The maximum absolute atomic E-state index is 12.8. The van der Waals surface area contributed by atoms with Crippen molar-refractivity contribution in [3.8, 4) is 0 Å². The van der Waals surface area contributed by atoms with E-state index < -0.39 is 0 Å². The smallest absolute Gasteiger partial charge is 0.261 e. The van der Waals surface area contributed by atoms with Crippen LogP contribution >= 0.6 is 11.8 Å². The van der Waals surface area contributed by atoms with E-state index in [-0.39, 0.29) is 23.3 Å². The van der Waals surface area contributed by atoms with Crippen LogP contribution in [0.1, 0.15) is 33.1 Å². The molecule has 3 atom stereocenters. The predicted molar refractivity (Wildman–Crippen MR) is 119 cm³/mol. The van der Waals surface area contributed by atoms with Crippen LogP contribution in [0, 0.1) is 11.8 Å². The molecule has 1 fully saturated rings. The Hall–Kier alpha value is -2.34. The molecule has 1 aliphatic rings. The molecular formula is C23H27N3O2S. The Kier molecular flexibility index (Phi) is 5.63. The molecule has 1 N–H and O–H groups in total. The Bertz CT molecular complexity index is 1120. The number of hydrogen-bond acceptors (Lipinski definition) is 4. The van der Waals surface area contributed by atoms with Crippen molar-refractivity contribution in [3.63, 3.8) is 0 Å². The molecule has 1 saturated carbocycles. The molecule has 0 spiro atoms. The van der Waals surface area contributed by atoms with Crippen LogP contribution in [0.15, 0.2) is 46.3 Å². The van der Waals surface area contributed by atoms with Crippen molar-refractivity contribution < 1.29 is 4.79 Å². The van der Waals surface area contributed by atoms with E-state index in [0.717, 1.165) is 23.6 Å². The zero-order valence-electron chi connectivity index (χ0n) is 17.1. The molecule has 152 valence electrons. The fraction of sp³-hybridized carbons (Fsp3) is 0.435. The lowest BCUT2D eigenvalue weighted by Crippen LogP contribution is -2.44. The van der Waals surface area contributed by atoms with Gasteiger partial charge in [-0.15, -0.1) is 0 Å². The predicted octanol–water partition coefficient (Wildman–Crippen LogP) is 4.12. The van der Waals surface area contributed by atoms with Gasteiger partial charge in [0.25, 0.3) is 5.56 Å². The summed E-state index contributed by atoms with van der Waals surface area (Å²) in [5, 5.41) is 6.43. The average Bonchev–Trinajstić information content (AvgIpc) is 2.72. The summed E-state index contributed by atoms with van der Waals surface area (Å²) in [5.74, 6) is 1.40. The first-order valence-corrected chi connectivity index (χ1v) is 11.2. The number of aromatic nitrogens is 2. The Morgan fingerprint density at radius 2 is 1.93 bits per heavy atom. The number of hydrogen-bond donors (Lipinski definition) is 1. The number of nitrogens with zero attached hydrogens (tertiary/aromatic N) is 2. The molecule has 0 radical (unpaired) electrons. The Balaban J connectivity index is 1.53. The number of benzene rings is 2. The van der Waals surface area contributed by atoms with E-state index in [2.05, 4.69) is 24.1 Å². The molecule has 3 aromatic rings. The second-order valence-corrected chi connectivity index (χ2v) is 9.15. The van der Waals surface area contributed by atoms with Crippen LogP contribution in [0.25, 0.3) is 21.7 Å². The molecule has 1 amide bonds. The van der Waals surface area contributed by atoms with E-state index in [0.29, 0.717) is 27.9 Å². The maximum Gasteiger partial charge on any atom is 0.261 e. The van der Waals surface area contributed by atoms with Crippen molar-refractivity contribution in [1.82, 2.24) is 14.9 Å². The third-order valence-electron chi connectivity index (χ3n) is 6.29. The van der Waals surface area contributed by atoms with Gasteiger partial charge < -0.3 is 5.32 Å². The van der Waals surface area contributed by atoms with Crippen LogP contribution in [0.3, 0.4) is 0 Å². The summed E-state index contributed by atoms with van der Waals surface area (Å²) in [6.07, 6.45) is 3.44. The first-order chi connectivity index (χ1) is 13.9. The molecular weight excluding hydrogens is 382 g/mol. The van der Waals surface area contributed by atoms with E-state index in [1.807, 2.05) is 36.4 Å². The largest absolute Gasteiger partial charge is 0.352 e. The van der Waals surface area contributed by atoms with Crippen LogP contribution in [-0.4, -0.2) is 27.3 Å². The van der Waals surface area contributed by atoms with Crippen molar-refractivity contribution in [2.75, 3.05) is 5.75 Å². The molecule has 29 heavy (non-hydrogen) atoms. The SMILES string of the molecule is C[C@H]1[C@@H](NC(=O)CSc2nc3cc4ccccc4cc3c(=O)n2C)CCC[C@@H]1C. The summed E-state index contributed by atoms with van der Waals surface area (Å²) in [5.41, 5.74) is 0.586. The van der Waals surface area contributed by atoms with Gasteiger partial charge in [-0.25, -0.2) is 4.98 Å². The number of thioether (sulfide) groups is 1. The molecule has 0 unspecified atom stereocenters. The molecule has 1 aliphatic carbocycles. The van der Waals surface area contributed by atoms with Gasteiger partial charge in [0, 0.05) is 13.1 Å². The van der Waals surface area contributed by atoms with Crippen molar-refractivity contribution in [3.05, 3.63) is 46.8 Å². The number of fused-ring (bicyclic) bond motifs is 2. The van der Waals surface area contributed by atoms with Gasteiger partial charge in [0.15, 0.2) is 5.16 Å². The summed E-state index contributed by atoms with van der Waals surface area (Å²) >= 11 is 1.32. The van der Waals surface area contributed by atoms with Crippen LogP contribution in [0.4, 0.5) is 0 Å². The van der Waals surface area contributed by atoms with Crippen molar-refractivity contribution >= 4 is 39.3 Å². The molecule has 6 heteroatoms. The van der Waals surface area contributed by atoms with Crippen molar-refractivity contribution in [2.45, 2.75) is 44.3 Å². The number of carbonyl (C=O) groups excluding carboxylic acids is 1. The molecule has 0 saturated heterocycles. The number of carbonyl (C=O) groups is 1. The number of amides is 1. The lowest BCUT2D eigenvalue weighted by molar-refractivity contribution is -0.120. The van der Waals surface area contributed by atoms with Gasteiger partial charge in [-0.1, -0.05) is 62.7 Å². The second kappa shape index (κ2) is 8.19. The topological polar surface area (TPSA) is 64.0 Å². The Morgan fingerprint density at radius 1 is 1.21 bits per heavy atom. The van der Waals surface area contributed by atoms with Gasteiger partial charge in [-0.05, 0) is 41.2 Å². The third kappa shape index (κ3) is 4.04. The fourth-order valence-corrected chi connectivity index (χ4v) is 5.01. The number of nitrogens with one attached hydrogen (secondary N) is 1. The van der Waals surface area contributed by atoms with Crippen LogP contribution < -0.4 is 10.9 Å². The first-order valence-electron chi connectivity index (χ1n) is 10.3. The van der Waals surface area contributed by atoms with Gasteiger partial charge in [0.05, 0.1) is 16.7 Å². The Labute approximate surface area is 174 Å². The summed E-state index contributed by atoms with van der Waals surface area (Å²) in [6, 6.07) is 12.0. The van der Waals surface area contributed by atoms with Gasteiger partial charge in [0.2, 0.25) is 5.91 Å². The first kappa shape index (κ1) is 20.0. The van der Waals surface area contributed by atoms with Crippen molar-refractivity contribution in [2.24, 2.45) is 18.9 Å². The average molecular weight is 410 g/mol. The summed E-state index contributed by atoms with van der Waals surface area (Å²) in [4.78, 5) is 30.0. The monoisotopic (exact) mass is 409 g/mol. The van der Waals surface area contributed by atoms with E-state index in [1.54, 1.807) is 11.6 Å². The highest BCUT2D eigenvalue weighted by Gasteiger charge is 2.28. The molecule has 2 aromatic carbocycles. The van der Waals surface area contributed by atoms with E-state index in [4.69, 9.17) is 0 Å². The zero-order valence-corrected chi connectivity index (χ0v) is 18.0. The van der Waals surface area contributed by atoms with Crippen molar-refractivity contribution in [1.29, 1.82) is 0 Å². The van der Waals surface area contributed by atoms with E-state index in [1.165, 1.54) is 18.2 Å². The van der Waals surface area contributed by atoms with Crippen LogP contribution in [-0.2, 0) is 11.8 Å². The molecule has 1 aromatic heterocycles. The highest BCUT2D eigenvalue weighted by molar-refractivity contribution is 7.99. The Morgan fingerprint density at radius 3 is 2.69 bits per heavy atom. The summed E-state index contributed by atoms with van der Waals surface area (Å²) in [7, 11) is 1.72. The standard InChI is InChI=1S/C23H27N3O2S/c1-14-7-6-10-19(15(14)2)24-21(27)13-29-23-25-20-12-17-9-5-4-8-16(17)11-18(20)22(28)26(23)3/h4-5,8-9,11-12,14-15,19H,6-7,10,13H2,1-3H3,(H,24,27)/t14-,15+,19-/m0/s1. The molecule has 0 bridgehead atoms. The van der Waals surface area contributed by atoms with E-state index in [9.17, 15) is 9.59 Å². The minimum atomic E-state index is -0.0848. The van der Waals surface area contributed by atoms with E-state index >= 15 is 0 Å². The third-order valence-corrected chi connectivity index (χ3v) is 7.32. The fourth-order valence-electron chi connectivity index (χ4n) is 4.23. The molecule has 0 aliphatic heterocycles. The maximum atomic E-state index is 12.8. The highest BCUT2D eigenvalue weighted by atomic mass is 32.2. The van der Waals surface area contributed by atoms with Crippen LogP contribution in [0.5, 0.6) is 0 Å². The lowest BCUT2D eigenvalue weighted by atomic mass is 9.78. The summed E-state index contributed by atoms with van der Waals surface area (Å²) in [6.45, 7) is 4.48. The van der Waals surface area contributed by atoms with Gasteiger partial charge in [-0.3, -0.25) is 14.2 Å². The summed E-state index contributed by atoms with van der Waals surface area (Å²) < 4.78 is 1.54. The number of rotatable bonds is 4. The quantitative estimate of drug-likeness (QED) is 0.400. The lowest BCUT2D eigenvalue weighted by Gasteiger charge is -2.34.